The predicted octanol–water partition coefficient (Wildman–Crippen LogP) is 4.03. The van der Waals surface area contributed by atoms with Crippen molar-refractivity contribution in [3.8, 4) is 11.4 Å². The van der Waals surface area contributed by atoms with Gasteiger partial charge in [-0.15, -0.1) is 0 Å². The van der Waals surface area contributed by atoms with Crippen molar-refractivity contribution in [2.75, 3.05) is 12.3 Å². The molecule has 0 radical (unpaired) electrons. The fraction of sp³-hybridized carbons (Fsp3) is 0.222. The molecule has 1 aliphatic heterocycles. The summed E-state index contributed by atoms with van der Waals surface area (Å²) < 4.78 is 0. The summed E-state index contributed by atoms with van der Waals surface area (Å²) >= 11 is 18.3. The quantitative estimate of drug-likeness (QED) is 0.643. The maximum absolute atomic E-state index is 6.18. The number of aromatic nitrogens is 4. The van der Waals surface area contributed by atoms with Crippen LogP contribution in [0.2, 0.25) is 15.3 Å². The van der Waals surface area contributed by atoms with Crippen LogP contribution in [0.1, 0.15) is 16.8 Å². The number of hydrogen-bond acceptors (Lipinski definition) is 6. The number of fused-ring (bicyclic) bond motifs is 1. The lowest BCUT2D eigenvalue weighted by Gasteiger charge is -2.28. The Morgan fingerprint density at radius 3 is 2.41 bits per heavy atom. The van der Waals surface area contributed by atoms with Crippen LogP contribution in [-0.2, 0) is 19.5 Å². The number of benzene rings is 1. The molecule has 0 spiro atoms. The highest BCUT2D eigenvalue weighted by Crippen LogP contribution is 2.27. The topological polar surface area (TPSA) is 80.8 Å². The maximum atomic E-state index is 6.18. The zero-order valence-electron chi connectivity index (χ0n) is 14.2. The van der Waals surface area contributed by atoms with Gasteiger partial charge in [-0.05, 0) is 24.3 Å². The molecule has 0 atom stereocenters. The largest absolute Gasteiger partial charge is 0.368 e. The van der Waals surface area contributed by atoms with E-state index in [1.165, 1.54) is 0 Å². The first-order chi connectivity index (χ1) is 13.0. The van der Waals surface area contributed by atoms with E-state index in [1.54, 1.807) is 0 Å². The molecule has 0 fully saturated rings. The Balaban J connectivity index is 1.53. The monoisotopic (exact) mass is 420 g/mol. The predicted molar refractivity (Wildman–Crippen MR) is 107 cm³/mol. The molecule has 138 valence electrons. The van der Waals surface area contributed by atoms with Crippen LogP contribution in [0.3, 0.4) is 0 Å². The van der Waals surface area contributed by atoms with Crippen LogP contribution in [-0.4, -0.2) is 31.4 Å². The number of rotatable bonds is 3. The van der Waals surface area contributed by atoms with E-state index in [0.29, 0.717) is 29.5 Å². The number of nitrogens with two attached hydrogens (primary N) is 1. The molecule has 1 aliphatic rings. The summed E-state index contributed by atoms with van der Waals surface area (Å²) in [7, 11) is 0. The van der Waals surface area contributed by atoms with E-state index in [4.69, 9.17) is 45.5 Å². The highest BCUT2D eigenvalue weighted by Gasteiger charge is 2.21. The number of nitrogens with zero attached hydrogens (tertiary/aromatic N) is 5. The molecule has 0 amide bonds. The molecule has 3 aromatic rings. The summed E-state index contributed by atoms with van der Waals surface area (Å²) in [5.74, 6) is 0.776. The number of halogens is 3. The molecule has 0 unspecified atom stereocenters. The van der Waals surface area contributed by atoms with E-state index in [2.05, 4.69) is 19.9 Å². The van der Waals surface area contributed by atoms with Crippen LogP contribution < -0.4 is 5.73 Å². The Kier molecular flexibility index (Phi) is 5.14. The Labute approximate surface area is 171 Å². The molecule has 0 aliphatic carbocycles. The van der Waals surface area contributed by atoms with Gasteiger partial charge in [0.25, 0.3) is 0 Å². The van der Waals surface area contributed by atoms with Gasteiger partial charge in [-0.1, -0.05) is 34.8 Å². The van der Waals surface area contributed by atoms with Gasteiger partial charge in [0.2, 0.25) is 5.95 Å². The first-order valence-corrected chi connectivity index (χ1v) is 9.43. The molecule has 1 aromatic carbocycles. The standard InChI is InChI=1S/C18H15Cl3N6/c19-12-3-1-10(2-4-12)17-23-7-11-8-27(6-5-14(11)24-17)9-13-15(20)25-18(22)26-16(13)21/h1-4,7H,5-6,8-9H2,(H2,22,25,26). The summed E-state index contributed by atoms with van der Waals surface area (Å²) in [6.45, 7) is 2.06. The molecular formula is C18H15Cl3N6. The SMILES string of the molecule is Nc1nc(Cl)c(CN2CCc3nc(-c4ccc(Cl)cc4)ncc3C2)c(Cl)n1. The molecule has 2 aromatic heterocycles. The van der Waals surface area contributed by atoms with Crippen LogP contribution in [0.4, 0.5) is 5.95 Å². The van der Waals surface area contributed by atoms with Crippen molar-refractivity contribution in [1.82, 2.24) is 24.8 Å². The van der Waals surface area contributed by atoms with Gasteiger partial charge in [0, 0.05) is 54.0 Å². The number of anilines is 1. The average Bonchev–Trinajstić information content (AvgIpc) is 2.65. The first kappa shape index (κ1) is 18.4. The van der Waals surface area contributed by atoms with Crippen molar-refractivity contribution in [2.24, 2.45) is 0 Å². The summed E-state index contributed by atoms with van der Waals surface area (Å²) in [5.41, 5.74) is 9.33. The lowest BCUT2D eigenvalue weighted by atomic mass is 10.1. The molecule has 0 saturated carbocycles. The van der Waals surface area contributed by atoms with Crippen molar-refractivity contribution in [1.29, 1.82) is 0 Å². The third kappa shape index (κ3) is 3.99. The lowest BCUT2D eigenvalue weighted by Crippen LogP contribution is -2.31. The number of nitrogen functional groups attached to an aromatic ring is 1. The molecule has 6 nitrogen and oxygen atoms in total. The summed E-state index contributed by atoms with van der Waals surface area (Å²) in [6.07, 6.45) is 2.69. The third-order valence-electron chi connectivity index (χ3n) is 4.42. The van der Waals surface area contributed by atoms with Crippen LogP contribution in [0, 0.1) is 0 Å². The van der Waals surface area contributed by atoms with E-state index in [-0.39, 0.29) is 16.3 Å². The van der Waals surface area contributed by atoms with E-state index in [9.17, 15) is 0 Å². The molecule has 2 N–H and O–H groups in total. The summed E-state index contributed by atoms with van der Waals surface area (Å²) in [5, 5.41) is 1.26. The van der Waals surface area contributed by atoms with E-state index < -0.39 is 0 Å². The van der Waals surface area contributed by atoms with Crippen LogP contribution in [0.25, 0.3) is 11.4 Å². The van der Waals surface area contributed by atoms with Gasteiger partial charge < -0.3 is 5.73 Å². The second-order valence-electron chi connectivity index (χ2n) is 6.28. The number of hydrogen-bond donors (Lipinski definition) is 1. The Hall–Kier alpha value is -1.99. The van der Waals surface area contributed by atoms with E-state index in [1.807, 2.05) is 30.5 Å². The highest BCUT2D eigenvalue weighted by molar-refractivity contribution is 6.34. The molecule has 0 bridgehead atoms. The van der Waals surface area contributed by atoms with Gasteiger partial charge in [-0.3, -0.25) is 4.90 Å². The van der Waals surface area contributed by atoms with Gasteiger partial charge in [0.1, 0.15) is 10.3 Å². The van der Waals surface area contributed by atoms with Crippen LogP contribution in [0.15, 0.2) is 30.5 Å². The second kappa shape index (κ2) is 7.56. The Morgan fingerprint density at radius 2 is 1.70 bits per heavy atom. The molecule has 9 heteroatoms. The fourth-order valence-electron chi connectivity index (χ4n) is 3.05. The van der Waals surface area contributed by atoms with Crippen molar-refractivity contribution in [3.05, 3.63) is 62.6 Å². The minimum atomic E-state index is 0.0702. The zero-order chi connectivity index (χ0) is 19.0. The molecular weight excluding hydrogens is 407 g/mol. The zero-order valence-corrected chi connectivity index (χ0v) is 16.4. The Morgan fingerprint density at radius 1 is 1.00 bits per heavy atom. The van der Waals surface area contributed by atoms with Crippen molar-refractivity contribution in [3.63, 3.8) is 0 Å². The van der Waals surface area contributed by atoms with Crippen molar-refractivity contribution >= 4 is 40.8 Å². The molecule has 3 heterocycles. The smallest absolute Gasteiger partial charge is 0.222 e. The normalized spacial score (nSPS) is 14.2. The second-order valence-corrected chi connectivity index (χ2v) is 7.43. The van der Waals surface area contributed by atoms with Crippen LogP contribution in [0.5, 0.6) is 0 Å². The first-order valence-electron chi connectivity index (χ1n) is 8.30. The van der Waals surface area contributed by atoms with E-state index in [0.717, 1.165) is 29.8 Å². The molecule has 0 saturated heterocycles. The maximum Gasteiger partial charge on any atom is 0.222 e. The highest BCUT2D eigenvalue weighted by atomic mass is 35.5. The fourth-order valence-corrected chi connectivity index (χ4v) is 3.69. The summed E-state index contributed by atoms with van der Waals surface area (Å²) in [4.78, 5) is 19.4. The van der Waals surface area contributed by atoms with Crippen LogP contribution >= 0.6 is 34.8 Å². The van der Waals surface area contributed by atoms with Gasteiger partial charge in [-0.25, -0.2) is 19.9 Å². The average molecular weight is 422 g/mol. The minimum Gasteiger partial charge on any atom is -0.368 e. The summed E-state index contributed by atoms with van der Waals surface area (Å²) in [6, 6.07) is 7.52. The minimum absolute atomic E-state index is 0.0702. The molecule has 27 heavy (non-hydrogen) atoms. The van der Waals surface area contributed by atoms with Gasteiger partial charge in [0.05, 0.1) is 5.69 Å². The molecule has 4 rings (SSSR count). The van der Waals surface area contributed by atoms with Gasteiger partial charge in [-0.2, -0.15) is 0 Å². The third-order valence-corrected chi connectivity index (χ3v) is 5.30. The van der Waals surface area contributed by atoms with E-state index >= 15 is 0 Å². The van der Waals surface area contributed by atoms with Crippen molar-refractivity contribution < 1.29 is 0 Å². The van der Waals surface area contributed by atoms with Gasteiger partial charge in [0.15, 0.2) is 5.82 Å². The lowest BCUT2D eigenvalue weighted by molar-refractivity contribution is 0.242. The van der Waals surface area contributed by atoms with Gasteiger partial charge >= 0.3 is 0 Å². The van der Waals surface area contributed by atoms with Crippen molar-refractivity contribution in [2.45, 2.75) is 19.5 Å². The Bertz CT molecular complexity index is 970.